The first kappa shape index (κ1) is 17.9. The molecule has 0 spiro atoms. The average molecular weight is 366 g/mol. The smallest absolute Gasteiger partial charge is 0.143 e. The SMILES string of the molecule is CCCNC(CSCCC)Cc1c(F)ccc(Br)c1F. The number of halogens is 3. The molecule has 114 valence electrons. The van der Waals surface area contributed by atoms with Gasteiger partial charge in [0, 0.05) is 17.4 Å². The molecule has 1 atom stereocenters. The van der Waals surface area contributed by atoms with E-state index in [-0.39, 0.29) is 11.6 Å². The standard InChI is InChI=1S/C15H22BrF2NS/c1-3-7-19-11(10-20-8-4-2)9-12-14(17)6-5-13(16)15(12)18/h5-6,11,19H,3-4,7-10H2,1-2H3. The average Bonchev–Trinajstić information content (AvgIpc) is 2.44. The first-order valence-electron chi connectivity index (χ1n) is 7.03. The van der Waals surface area contributed by atoms with E-state index in [1.807, 2.05) is 11.8 Å². The molecule has 0 aliphatic rings. The third kappa shape index (κ3) is 5.70. The minimum atomic E-state index is -0.478. The summed E-state index contributed by atoms with van der Waals surface area (Å²) in [5, 5.41) is 3.38. The van der Waals surface area contributed by atoms with Gasteiger partial charge in [-0.15, -0.1) is 0 Å². The molecule has 1 rings (SSSR count). The Kier molecular flexibility index (Phi) is 8.73. The van der Waals surface area contributed by atoms with Crippen LogP contribution in [0.5, 0.6) is 0 Å². The zero-order valence-electron chi connectivity index (χ0n) is 12.0. The second kappa shape index (κ2) is 9.74. The van der Waals surface area contributed by atoms with Crippen molar-refractivity contribution >= 4 is 27.7 Å². The Hall–Kier alpha value is -0.130. The van der Waals surface area contributed by atoms with Crippen LogP contribution in [-0.2, 0) is 6.42 Å². The highest BCUT2D eigenvalue weighted by Crippen LogP contribution is 2.23. The van der Waals surface area contributed by atoms with Crippen molar-refractivity contribution in [2.45, 2.75) is 39.2 Å². The highest BCUT2D eigenvalue weighted by Gasteiger charge is 2.17. The fraction of sp³-hybridized carbons (Fsp3) is 0.600. The topological polar surface area (TPSA) is 12.0 Å². The predicted octanol–water partition coefficient (Wildman–Crippen LogP) is 4.78. The van der Waals surface area contributed by atoms with E-state index in [0.29, 0.717) is 10.9 Å². The largest absolute Gasteiger partial charge is 0.313 e. The van der Waals surface area contributed by atoms with Crippen molar-refractivity contribution in [1.82, 2.24) is 5.32 Å². The zero-order chi connectivity index (χ0) is 15.0. The molecule has 0 aromatic heterocycles. The Morgan fingerprint density at radius 2 is 2.00 bits per heavy atom. The molecule has 0 aliphatic heterocycles. The van der Waals surface area contributed by atoms with E-state index in [1.165, 1.54) is 12.1 Å². The van der Waals surface area contributed by atoms with E-state index in [0.717, 1.165) is 30.9 Å². The number of nitrogens with one attached hydrogen (secondary N) is 1. The Labute approximate surface area is 133 Å². The van der Waals surface area contributed by atoms with Crippen LogP contribution in [0.3, 0.4) is 0 Å². The molecule has 20 heavy (non-hydrogen) atoms. The first-order valence-corrected chi connectivity index (χ1v) is 8.98. The second-order valence-corrected chi connectivity index (χ2v) is 6.76. The summed E-state index contributed by atoms with van der Waals surface area (Å²) < 4.78 is 28.1. The highest BCUT2D eigenvalue weighted by atomic mass is 79.9. The summed E-state index contributed by atoms with van der Waals surface area (Å²) in [7, 11) is 0. The summed E-state index contributed by atoms with van der Waals surface area (Å²) in [5.74, 6) is 1.01. The molecule has 5 heteroatoms. The highest BCUT2D eigenvalue weighted by molar-refractivity contribution is 9.10. The Bertz CT molecular complexity index is 415. The molecule has 0 radical (unpaired) electrons. The van der Waals surface area contributed by atoms with Crippen LogP contribution in [0.4, 0.5) is 8.78 Å². The third-order valence-electron chi connectivity index (χ3n) is 2.94. The van der Waals surface area contributed by atoms with Gasteiger partial charge in [-0.3, -0.25) is 0 Å². The van der Waals surface area contributed by atoms with Crippen molar-refractivity contribution in [1.29, 1.82) is 0 Å². The zero-order valence-corrected chi connectivity index (χ0v) is 14.4. The normalized spacial score (nSPS) is 12.7. The lowest BCUT2D eigenvalue weighted by Crippen LogP contribution is -2.34. The minimum absolute atomic E-state index is 0.102. The lowest BCUT2D eigenvalue weighted by atomic mass is 10.1. The van der Waals surface area contributed by atoms with Crippen molar-refractivity contribution in [3.05, 3.63) is 33.8 Å². The van der Waals surface area contributed by atoms with Crippen molar-refractivity contribution in [3.8, 4) is 0 Å². The molecule has 1 N–H and O–H groups in total. The monoisotopic (exact) mass is 365 g/mol. The lowest BCUT2D eigenvalue weighted by Gasteiger charge is -2.19. The Balaban J connectivity index is 2.74. The molecule has 0 fully saturated rings. The van der Waals surface area contributed by atoms with Crippen LogP contribution in [0.25, 0.3) is 0 Å². The van der Waals surface area contributed by atoms with Crippen LogP contribution in [-0.4, -0.2) is 24.1 Å². The third-order valence-corrected chi connectivity index (χ3v) is 4.89. The lowest BCUT2D eigenvalue weighted by molar-refractivity contribution is 0.501. The van der Waals surface area contributed by atoms with Crippen molar-refractivity contribution in [3.63, 3.8) is 0 Å². The molecule has 1 nitrogen and oxygen atoms in total. The van der Waals surface area contributed by atoms with Gasteiger partial charge in [0.15, 0.2) is 0 Å². The van der Waals surface area contributed by atoms with E-state index in [2.05, 4.69) is 35.1 Å². The Morgan fingerprint density at radius 1 is 1.25 bits per heavy atom. The van der Waals surface area contributed by atoms with Gasteiger partial charge in [0.05, 0.1) is 4.47 Å². The molecule has 0 heterocycles. The molecule has 0 saturated carbocycles. The number of thioether (sulfide) groups is 1. The van der Waals surface area contributed by atoms with Gasteiger partial charge < -0.3 is 5.32 Å². The fourth-order valence-electron chi connectivity index (χ4n) is 1.91. The fourth-order valence-corrected chi connectivity index (χ4v) is 3.26. The van der Waals surface area contributed by atoms with E-state index in [9.17, 15) is 8.78 Å². The first-order chi connectivity index (χ1) is 9.60. The summed E-state index contributed by atoms with van der Waals surface area (Å²) >= 11 is 4.95. The molecule has 0 saturated heterocycles. The molecular weight excluding hydrogens is 344 g/mol. The minimum Gasteiger partial charge on any atom is -0.313 e. The van der Waals surface area contributed by atoms with E-state index in [4.69, 9.17) is 0 Å². The van der Waals surface area contributed by atoms with Gasteiger partial charge in [-0.05, 0) is 59.6 Å². The number of rotatable bonds is 9. The summed E-state index contributed by atoms with van der Waals surface area (Å²) in [5.41, 5.74) is 0.171. The van der Waals surface area contributed by atoms with E-state index >= 15 is 0 Å². The van der Waals surface area contributed by atoms with Crippen molar-refractivity contribution < 1.29 is 8.78 Å². The molecule has 0 bridgehead atoms. The van der Waals surface area contributed by atoms with Gasteiger partial charge in [-0.1, -0.05) is 13.8 Å². The van der Waals surface area contributed by atoms with Crippen LogP contribution >= 0.6 is 27.7 Å². The molecular formula is C15H22BrF2NS. The van der Waals surface area contributed by atoms with Gasteiger partial charge in [-0.25, -0.2) is 8.78 Å². The second-order valence-electron chi connectivity index (χ2n) is 4.75. The number of hydrogen-bond donors (Lipinski definition) is 1. The van der Waals surface area contributed by atoms with Crippen molar-refractivity contribution in [2.75, 3.05) is 18.1 Å². The predicted molar refractivity (Wildman–Crippen MR) is 87.5 cm³/mol. The van der Waals surface area contributed by atoms with Crippen LogP contribution in [0.1, 0.15) is 32.3 Å². The molecule has 1 aromatic rings. The van der Waals surface area contributed by atoms with Gasteiger partial charge in [0.25, 0.3) is 0 Å². The number of hydrogen-bond acceptors (Lipinski definition) is 2. The van der Waals surface area contributed by atoms with Crippen LogP contribution in [0.15, 0.2) is 16.6 Å². The molecule has 0 amide bonds. The molecule has 0 aliphatic carbocycles. The summed E-state index contributed by atoms with van der Waals surface area (Å²) in [4.78, 5) is 0. The van der Waals surface area contributed by atoms with E-state index in [1.54, 1.807) is 0 Å². The Morgan fingerprint density at radius 3 is 2.65 bits per heavy atom. The summed E-state index contributed by atoms with van der Waals surface area (Å²) in [6, 6.07) is 2.83. The van der Waals surface area contributed by atoms with Gasteiger partial charge in [0.2, 0.25) is 0 Å². The number of benzene rings is 1. The summed E-state index contributed by atoms with van der Waals surface area (Å²) in [6.45, 7) is 5.09. The van der Waals surface area contributed by atoms with Crippen molar-refractivity contribution in [2.24, 2.45) is 0 Å². The van der Waals surface area contributed by atoms with E-state index < -0.39 is 11.6 Å². The van der Waals surface area contributed by atoms with Crippen LogP contribution in [0.2, 0.25) is 0 Å². The maximum Gasteiger partial charge on any atom is 0.143 e. The summed E-state index contributed by atoms with van der Waals surface area (Å²) in [6.07, 6.45) is 2.51. The maximum absolute atomic E-state index is 14.0. The van der Waals surface area contributed by atoms with Gasteiger partial charge in [0.1, 0.15) is 11.6 Å². The van der Waals surface area contributed by atoms with Crippen LogP contribution < -0.4 is 5.32 Å². The quantitative estimate of drug-likeness (QED) is 0.499. The molecule has 1 unspecified atom stereocenters. The van der Waals surface area contributed by atoms with Gasteiger partial charge >= 0.3 is 0 Å². The maximum atomic E-state index is 14.0. The molecule has 1 aromatic carbocycles. The van der Waals surface area contributed by atoms with Gasteiger partial charge in [-0.2, -0.15) is 11.8 Å². The van der Waals surface area contributed by atoms with Crippen LogP contribution in [0, 0.1) is 11.6 Å².